The molecule has 1 aromatic rings. The van der Waals surface area contributed by atoms with E-state index in [1.807, 2.05) is 0 Å². The minimum absolute atomic E-state index is 0.0114. The molecule has 2 bridgehead atoms. The maximum Gasteiger partial charge on any atom is 0.314 e. The van der Waals surface area contributed by atoms with Gasteiger partial charge in [-0.3, -0.25) is 14.9 Å². The van der Waals surface area contributed by atoms with E-state index in [4.69, 9.17) is 4.74 Å². The van der Waals surface area contributed by atoms with Crippen molar-refractivity contribution in [2.45, 2.75) is 12.8 Å². The predicted molar refractivity (Wildman–Crippen MR) is 67.6 cm³/mol. The largest absolute Gasteiger partial charge is 0.426 e. The second-order valence-corrected chi connectivity index (χ2v) is 5.06. The molecule has 5 nitrogen and oxygen atoms in total. The molecule has 2 aliphatic rings. The van der Waals surface area contributed by atoms with Gasteiger partial charge in [-0.25, -0.2) is 0 Å². The standard InChI is InChI=1S/C14H13NO4/c16-14(13-8-9-1-2-10(13)7-9)19-12-5-3-11(4-6-12)15(17)18/h1-6,9-10,13H,7-8H2/t9-,10+,13-/m1/s1. The Balaban J connectivity index is 1.66. The van der Waals surface area contributed by atoms with Crippen LogP contribution in [-0.4, -0.2) is 10.9 Å². The van der Waals surface area contributed by atoms with Crippen LogP contribution in [-0.2, 0) is 4.79 Å². The van der Waals surface area contributed by atoms with Crippen molar-refractivity contribution in [1.82, 2.24) is 0 Å². The van der Waals surface area contributed by atoms with Gasteiger partial charge < -0.3 is 4.74 Å². The van der Waals surface area contributed by atoms with Crippen molar-refractivity contribution in [2.75, 3.05) is 0 Å². The molecule has 0 heterocycles. The maximum atomic E-state index is 12.0. The van der Waals surface area contributed by atoms with Crippen molar-refractivity contribution in [3.63, 3.8) is 0 Å². The van der Waals surface area contributed by atoms with Crippen LogP contribution in [0.4, 0.5) is 5.69 Å². The molecule has 0 N–H and O–H groups in total. The number of esters is 1. The highest BCUT2D eigenvalue weighted by Crippen LogP contribution is 2.43. The summed E-state index contributed by atoms with van der Waals surface area (Å²) in [5.74, 6) is 0.883. The Morgan fingerprint density at radius 3 is 2.47 bits per heavy atom. The molecule has 0 aliphatic heterocycles. The van der Waals surface area contributed by atoms with Crippen molar-refractivity contribution in [3.8, 4) is 5.75 Å². The van der Waals surface area contributed by atoms with Crippen molar-refractivity contribution < 1.29 is 14.5 Å². The van der Waals surface area contributed by atoms with Gasteiger partial charge in [0.15, 0.2) is 0 Å². The van der Waals surface area contributed by atoms with E-state index >= 15 is 0 Å². The maximum absolute atomic E-state index is 12.0. The van der Waals surface area contributed by atoms with E-state index in [0.717, 1.165) is 12.8 Å². The molecule has 3 atom stereocenters. The van der Waals surface area contributed by atoms with Gasteiger partial charge in [-0.2, -0.15) is 0 Å². The van der Waals surface area contributed by atoms with Crippen LogP contribution in [0, 0.1) is 27.9 Å². The zero-order valence-electron chi connectivity index (χ0n) is 10.2. The number of rotatable bonds is 3. The molecular formula is C14H13NO4. The summed E-state index contributed by atoms with van der Waals surface area (Å²) >= 11 is 0. The molecule has 1 aromatic carbocycles. The quantitative estimate of drug-likeness (QED) is 0.275. The lowest BCUT2D eigenvalue weighted by molar-refractivity contribution is -0.384. The SMILES string of the molecule is O=C(Oc1ccc([N+](=O)[O-])cc1)[C@@H]1C[C@@H]2C=C[C@H]1C2. The second-order valence-electron chi connectivity index (χ2n) is 5.06. The van der Waals surface area contributed by atoms with E-state index in [9.17, 15) is 14.9 Å². The third kappa shape index (κ3) is 2.23. The zero-order valence-corrected chi connectivity index (χ0v) is 10.2. The second kappa shape index (κ2) is 4.50. The summed E-state index contributed by atoms with van der Waals surface area (Å²) in [5, 5.41) is 10.5. The molecule has 3 rings (SSSR count). The molecule has 0 spiro atoms. The third-order valence-electron chi connectivity index (χ3n) is 3.85. The smallest absolute Gasteiger partial charge is 0.314 e. The number of hydrogen-bond acceptors (Lipinski definition) is 4. The van der Waals surface area contributed by atoms with Gasteiger partial charge in [-0.15, -0.1) is 0 Å². The monoisotopic (exact) mass is 259 g/mol. The van der Waals surface area contributed by atoms with Crippen LogP contribution in [0.3, 0.4) is 0 Å². The molecule has 0 amide bonds. The summed E-state index contributed by atoms with van der Waals surface area (Å²) in [4.78, 5) is 22.1. The summed E-state index contributed by atoms with van der Waals surface area (Å²) in [6.07, 6.45) is 6.16. The third-order valence-corrected chi connectivity index (χ3v) is 3.85. The van der Waals surface area contributed by atoms with E-state index in [2.05, 4.69) is 12.2 Å². The number of ether oxygens (including phenoxy) is 1. The highest BCUT2D eigenvalue weighted by atomic mass is 16.6. The summed E-state index contributed by atoms with van der Waals surface area (Å²) in [6.45, 7) is 0. The first kappa shape index (κ1) is 11.9. The Kier molecular flexibility index (Phi) is 2.81. The van der Waals surface area contributed by atoms with Crippen LogP contribution in [0.15, 0.2) is 36.4 Å². The van der Waals surface area contributed by atoms with Crippen LogP contribution in [0.25, 0.3) is 0 Å². The minimum atomic E-state index is -0.480. The first-order valence-electron chi connectivity index (χ1n) is 6.28. The van der Waals surface area contributed by atoms with E-state index in [-0.39, 0.29) is 17.6 Å². The van der Waals surface area contributed by atoms with Crippen LogP contribution in [0.1, 0.15) is 12.8 Å². The van der Waals surface area contributed by atoms with Crippen molar-refractivity contribution in [1.29, 1.82) is 0 Å². The zero-order chi connectivity index (χ0) is 13.4. The molecule has 0 aromatic heterocycles. The van der Waals surface area contributed by atoms with Gasteiger partial charge in [-0.05, 0) is 36.8 Å². The highest BCUT2D eigenvalue weighted by Gasteiger charge is 2.40. The van der Waals surface area contributed by atoms with Gasteiger partial charge >= 0.3 is 5.97 Å². The molecule has 19 heavy (non-hydrogen) atoms. The molecule has 2 aliphatic carbocycles. The van der Waals surface area contributed by atoms with Gasteiger partial charge in [0.1, 0.15) is 5.75 Å². The number of carbonyl (C=O) groups is 1. The van der Waals surface area contributed by atoms with Gasteiger partial charge in [0.05, 0.1) is 10.8 Å². The fourth-order valence-electron chi connectivity index (χ4n) is 2.88. The number of nitrogens with zero attached hydrogens (tertiary/aromatic N) is 1. The Bertz CT molecular complexity index is 549. The van der Waals surface area contributed by atoms with Crippen molar-refractivity contribution >= 4 is 11.7 Å². The first-order valence-corrected chi connectivity index (χ1v) is 6.28. The fourth-order valence-corrected chi connectivity index (χ4v) is 2.88. The van der Waals surface area contributed by atoms with Gasteiger partial charge in [0, 0.05) is 12.1 Å². The molecular weight excluding hydrogens is 246 g/mol. The Hall–Kier alpha value is -2.17. The van der Waals surface area contributed by atoms with E-state index in [1.165, 1.54) is 24.3 Å². The van der Waals surface area contributed by atoms with Gasteiger partial charge in [0.2, 0.25) is 0 Å². The first-order chi connectivity index (χ1) is 9.13. The van der Waals surface area contributed by atoms with Crippen molar-refractivity contribution in [3.05, 3.63) is 46.5 Å². The van der Waals surface area contributed by atoms with Crippen LogP contribution in [0.5, 0.6) is 5.75 Å². The number of benzene rings is 1. The number of fused-ring (bicyclic) bond motifs is 2. The molecule has 0 unspecified atom stereocenters. The van der Waals surface area contributed by atoms with Crippen molar-refractivity contribution in [2.24, 2.45) is 17.8 Å². The number of hydrogen-bond donors (Lipinski definition) is 0. The number of non-ortho nitro benzene ring substituents is 1. The number of allylic oxidation sites excluding steroid dienone is 2. The van der Waals surface area contributed by atoms with Gasteiger partial charge in [-0.1, -0.05) is 12.2 Å². The lowest BCUT2D eigenvalue weighted by Gasteiger charge is -2.16. The number of nitro groups is 1. The number of nitro benzene ring substituents is 1. The normalized spacial score (nSPS) is 27.5. The molecule has 0 saturated heterocycles. The summed E-state index contributed by atoms with van der Waals surface area (Å²) < 4.78 is 5.29. The van der Waals surface area contributed by atoms with Gasteiger partial charge in [0.25, 0.3) is 5.69 Å². The predicted octanol–water partition coefficient (Wildman–Crippen LogP) is 2.71. The molecule has 0 radical (unpaired) electrons. The number of carbonyl (C=O) groups excluding carboxylic acids is 1. The Labute approximate surface area is 110 Å². The molecule has 98 valence electrons. The molecule has 5 heteroatoms. The highest BCUT2D eigenvalue weighted by molar-refractivity contribution is 5.76. The summed E-state index contributed by atoms with van der Waals surface area (Å²) in [6, 6.07) is 5.59. The molecule has 1 fully saturated rings. The fraction of sp³-hybridized carbons (Fsp3) is 0.357. The average Bonchev–Trinajstić information content (AvgIpc) is 3.01. The van der Waals surface area contributed by atoms with Crippen LogP contribution >= 0.6 is 0 Å². The summed E-state index contributed by atoms with van der Waals surface area (Å²) in [7, 11) is 0. The van der Waals surface area contributed by atoms with E-state index in [0.29, 0.717) is 17.6 Å². The van der Waals surface area contributed by atoms with E-state index in [1.54, 1.807) is 0 Å². The Morgan fingerprint density at radius 2 is 1.95 bits per heavy atom. The summed E-state index contributed by atoms with van der Waals surface area (Å²) in [5.41, 5.74) is -0.0114. The average molecular weight is 259 g/mol. The van der Waals surface area contributed by atoms with E-state index < -0.39 is 4.92 Å². The Morgan fingerprint density at radius 1 is 1.21 bits per heavy atom. The minimum Gasteiger partial charge on any atom is -0.426 e. The lowest BCUT2D eigenvalue weighted by atomic mass is 9.94. The topological polar surface area (TPSA) is 69.4 Å². The lowest BCUT2D eigenvalue weighted by Crippen LogP contribution is -2.23. The van der Waals surface area contributed by atoms with Crippen LogP contribution in [0.2, 0.25) is 0 Å². The molecule has 1 saturated carbocycles. The van der Waals surface area contributed by atoms with Crippen LogP contribution < -0.4 is 4.74 Å².